The van der Waals surface area contributed by atoms with Crippen molar-refractivity contribution < 1.29 is 18.3 Å². The Kier molecular flexibility index (Phi) is 6.30. The molecule has 3 aromatic rings. The fourth-order valence-corrected chi connectivity index (χ4v) is 3.81. The van der Waals surface area contributed by atoms with Gasteiger partial charge in [-0.05, 0) is 30.7 Å². The third-order valence-corrected chi connectivity index (χ3v) is 5.64. The van der Waals surface area contributed by atoms with Crippen LogP contribution < -0.4 is 15.0 Å². The highest BCUT2D eigenvalue weighted by Gasteiger charge is 2.22. The molecule has 0 radical (unpaired) electrons. The molecular weight excluding hydrogens is 411 g/mol. The summed E-state index contributed by atoms with van der Waals surface area (Å²) in [5.41, 5.74) is 3.20. The SMILES string of the molecule is COc1cc(N2CCN(C(=O)NCc3ccc(C)cc3F)CC2)ccc1-c1cnc(C)o1. The monoisotopic (exact) mass is 438 g/mol. The van der Waals surface area contributed by atoms with Crippen molar-refractivity contribution in [3.8, 4) is 17.1 Å². The maximum Gasteiger partial charge on any atom is 0.317 e. The molecule has 8 heteroatoms. The third-order valence-electron chi connectivity index (χ3n) is 5.64. The van der Waals surface area contributed by atoms with Gasteiger partial charge < -0.3 is 24.3 Å². The summed E-state index contributed by atoms with van der Waals surface area (Å²) in [5, 5.41) is 2.82. The van der Waals surface area contributed by atoms with Gasteiger partial charge in [-0.2, -0.15) is 0 Å². The molecule has 0 spiro atoms. The fraction of sp³-hybridized carbons (Fsp3) is 0.333. The Bertz CT molecular complexity index is 1110. The van der Waals surface area contributed by atoms with Crippen molar-refractivity contribution in [3.05, 3.63) is 65.4 Å². The molecule has 32 heavy (non-hydrogen) atoms. The van der Waals surface area contributed by atoms with E-state index in [1.807, 2.05) is 31.2 Å². The first-order chi connectivity index (χ1) is 15.4. The number of nitrogens with one attached hydrogen (secondary N) is 1. The number of ether oxygens (including phenoxy) is 1. The van der Waals surface area contributed by atoms with Gasteiger partial charge in [0.05, 0.1) is 18.9 Å². The van der Waals surface area contributed by atoms with Crippen molar-refractivity contribution >= 4 is 11.7 Å². The number of benzene rings is 2. The van der Waals surface area contributed by atoms with E-state index in [1.54, 1.807) is 31.2 Å². The van der Waals surface area contributed by atoms with Crippen molar-refractivity contribution in [1.29, 1.82) is 0 Å². The number of urea groups is 1. The van der Waals surface area contributed by atoms with Gasteiger partial charge >= 0.3 is 6.03 Å². The highest BCUT2D eigenvalue weighted by molar-refractivity contribution is 5.75. The van der Waals surface area contributed by atoms with Gasteiger partial charge in [0.2, 0.25) is 0 Å². The summed E-state index contributed by atoms with van der Waals surface area (Å²) in [5.74, 6) is 1.68. The normalized spacial score (nSPS) is 13.9. The van der Waals surface area contributed by atoms with E-state index in [1.165, 1.54) is 6.07 Å². The molecular formula is C24H27FN4O3. The number of carbonyl (C=O) groups is 1. The number of halogens is 1. The molecule has 1 fully saturated rings. The largest absolute Gasteiger partial charge is 0.496 e. The molecule has 2 amide bonds. The molecule has 4 rings (SSSR count). The highest BCUT2D eigenvalue weighted by atomic mass is 19.1. The molecule has 1 aliphatic heterocycles. The standard InChI is InChI=1S/C24H27FN4O3/c1-16-4-5-18(21(25)12-16)14-27-24(30)29-10-8-28(9-11-29)19-6-7-20(22(13-19)31-3)23-15-26-17(2)32-23/h4-7,12-13,15H,8-11,14H2,1-3H3,(H,27,30). The predicted molar refractivity (Wildman–Crippen MR) is 120 cm³/mol. The third kappa shape index (κ3) is 4.69. The van der Waals surface area contributed by atoms with E-state index in [0.29, 0.717) is 49.1 Å². The minimum Gasteiger partial charge on any atom is -0.496 e. The van der Waals surface area contributed by atoms with Gasteiger partial charge in [-0.15, -0.1) is 0 Å². The molecule has 2 heterocycles. The Morgan fingerprint density at radius 2 is 1.94 bits per heavy atom. The van der Waals surface area contributed by atoms with Crippen LogP contribution in [0.15, 0.2) is 47.0 Å². The molecule has 1 aliphatic rings. The van der Waals surface area contributed by atoms with E-state index < -0.39 is 0 Å². The number of methoxy groups -OCH3 is 1. The topological polar surface area (TPSA) is 70.8 Å². The van der Waals surface area contributed by atoms with Crippen LogP contribution in [0.2, 0.25) is 0 Å². The van der Waals surface area contributed by atoms with E-state index in [-0.39, 0.29) is 18.4 Å². The summed E-state index contributed by atoms with van der Waals surface area (Å²) in [6, 6.07) is 10.8. The maximum atomic E-state index is 14.0. The van der Waals surface area contributed by atoms with E-state index in [4.69, 9.17) is 9.15 Å². The highest BCUT2D eigenvalue weighted by Crippen LogP contribution is 2.34. The number of nitrogens with zero attached hydrogens (tertiary/aromatic N) is 3. The Morgan fingerprint density at radius 1 is 1.16 bits per heavy atom. The number of aryl methyl sites for hydroxylation is 2. The van der Waals surface area contributed by atoms with Crippen molar-refractivity contribution in [2.45, 2.75) is 20.4 Å². The Morgan fingerprint density at radius 3 is 2.59 bits per heavy atom. The van der Waals surface area contributed by atoms with Crippen LogP contribution in [0.5, 0.6) is 5.75 Å². The van der Waals surface area contributed by atoms with E-state index >= 15 is 0 Å². The number of hydrogen-bond donors (Lipinski definition) is 1. The lowest BCUT2D eigenvalue weighted by molar-refractivity contribution is 0.194. The van der Waals surface area contributed by atoms with E-state index in [2.05, 4.69) is 15.2 Å². The molecule has 0 aliphatic carbocycles. The quantitative estimate of drug-likeness (QED) is 0.648. The van der Waals surface area contributed by atoms with Crippen LogP contribution in [0.1, 0.15) is 17.0 Å². The number of anilines is 1. The van der Waals surface area contributed by atoms with Crippen LogP contribution >= 0.6 is 0 Å². The zero-order chi connectivity index (χ0) is 22.7. The van der Waals surface area contributed by atoms with Crippen LogP contribution in [-0.4, -0.2) is 49.2 Å². The van der Waals surface area contributed by atoms with Crippen molar-refractivity contribution in [3.63, 3.8) is 0 Å². The fourth-order valence-electron chi connectivity index (χ4n) is 3.81. The van der Waals surface area contributed by atoms with Crippen LogP contribution in [0.25, 0.3) is 11.3 Å². The van der Waals surface area contributed by atoms with Gasteiger partial charge in [0.25, 0.3) is 0 Å². The lowest BCUT2D eigenvalue weighted by Gasteiger charge is -2.36. The average molecular weight is 439 g/mol. The summed E-state index contributed by atoms with van der Waals surface area (Å²) in [4.78, 5) is 20.7. The Hall–Kier alpha value is -3.55. The summed E-state index contributed by atoms with van der Waals surface area (Å²) in [7, 11) is 1.63. The minimum absolute atomic E-state index is 0.172. The molecule has 0 saturated carbocycles. The molecule has 7 nitrogen and oxygen atoms in total. The molecule has 0 atom stereocenters. The first kappa shape index (κ1) is 21.7. The van der Waals surface area contributed by atoms with Crippen molar-refractivity contribution in [2.24, 2.45) is 0 Å². The van der Waals surface area contributed by atoms with E-state index in [0.717, 1.165) is 16.8 Å². The van der Waals surface area contributed by atoms with Crippen LogP contribution in [0, 0.1) is 19.7 Å². The van der Waals surface area contributed by atoms with Crippen molar-refractivity contribution in [1.82, 2.24) is 15.2 Å². The lowest BCUT2D eigenvalue weighted by Crippen LogP contribution is -2.51. The van der Waals surface area contributed by atoms with Crippen LogP contribution in [0.3, 0.4) is 0 Å². The first-order valence-corrected chi connectivity index (χ1v) is 10.6. The number of aromatic nitrogens is 1. The number of hydrogen-bond acceptors (Lipinski definition) is 5. The van der Waals surface area contributed by atoms with Crippen LogP contribution in [0.4, 0.5) is 14.9 Å². The van der Waals surface area contributed by atoms with Gasteiger partial charge in [-0.1, -0.05) is 12.1 Å². The molecule has 0 bridgehead atoms. The second-order valence-electron chi connectivity index (χ2n) is 7.86. The second kappa shape index (κ2) is 9.30. The summed E-state index contributed by atoms with van der Waals surface area (Å²) in [6.07, 6.45) is 1.69. The summed E-state index contributed by atoms with van der Waals surface area (Å²) < 4.78 is 25.2. The number of carbonyl (C=O) groups excluding carboxylic acids is 1. The molecule has 0 unspecified atom stereocenters. The Labute approximate surface area is 186 Å². The minimum atomic E-state index is -0.298. The molecule has 2 aromatic carbocycles. The zero-order valence-corrected chi connectivity index (χ0v) is 18.5. The first-order valence-electron chi connectivity index (χ1n) is 10.6. The van der Waals surface area contributed by atoms with Gasteiger partial charge in [0, 0.05) is 57.0 Å². The Balaban J connectivity index is 1.35. The molecule has 1 N–H and O–H groups in total. The molecule has 168 valence electrons. The predicted octanol–water partition coefficient (Wildman–Crippen LogP) is 4.14. The number of piperazine rings is 1. The van der Waals surface area contributed by atoms with Crippen molar-refractivity contribution in [2.75, 3.05) is 38.2 Å². The van der Waals surface area contributed by atoms with Gasteiger partial charge in [0.1, 0.15) is 11.6 Å². The summed E-state index contributed by atoms with van der Waals surface area (Å²) >= 11 is 0. The van der Waals surface area contributed by atoms with E-state index in [9.17, 15) is 9.18 Å². The smallest absolute Gasteiger partial charge is 0.317 e. The van der Waals surface area contributed by atoms with Gasteiger partial charge in [-0.3, -0.25) is 0 Å². The van der Waals surface area contributed by atoms with Gasteiger partial charge in [-0.25, -0.2) is 14.2 Å². The second-order valence-corrected chi connectivity index (χ2v) is 7.86. The van der Waals surface area contributed by atoms with Crippen LogP contribution in [-0.2, 0) is 6.54 Å². The lowest BCUT2D eigenvalue weighted by atomic mass is 10.1. The number of amides is 2. The zero-order valence-electron chi connectivity index (χ0n) is 18.5. The number of rotatable bonds is 5. The molecule has 1 aromatic heterocycles. The summed E-state index contributed by atoms with van der Waals surface area (Å²) in [6.45, 7) is 6.35. The maximum absolute atomic E-state index is 14.0. The van der Waals surface area contributed by atoms with Gasteiger partial charge in [0.15, 0.2) is 11.7 Å². The average Bonchev–Trinajstić information content (AvgIpc) is 3.24. The number of oxazole rings is 1. The molecule has 1 saturated heterocycles.